The highest BCUT2D eigenvalue weighted by molar-refractivity contribution is 8.07. The molecule has 1 N–H and O–H groups in total. The fourth-order valence-corrected chi connectivity index (χ4v) is 5.64. The van der Waals surface area contributed by atoms with Crippen LogP contribution in [0.25, 0.3) is 0 Å². The van der Waals surface area contributed by atoms with Gasteiger partial charge in [-0.1, -0.05) is 20.8 Å². The third kappa shape index (κ3) is 4.43. The summed E-state index contributed by atoms with van der Waals surface area (Å²) < 4.78 is 1.90. The standard InChI is InChI=1S/C15H27N3S2/c1-5-6-16-14(7-13-8-17-18(4)9-13)15-10-19-11(2)12(3)20-15/h8-9,11-12,14-16H,5-7,10H2,1-4H3. The molecule has 1 aliphatic heterocycles. The van der Waals surface area contributed by atoms with Gasteiger partial charge in [0.2, 0.25) is 0 Å². The Hall–Kier alpha value is -0.130. The predicted molar refractivity (Wildman–Crippen MR) is 91.8 cm³/mol. The van der Waals surface area contributed by atoms with Crippen LogP contribution in [0, 0.1) is 0 Å². The Morgan fingerprint density at radius 2 is 2.25 bits per heavy atom. The minimum atomic E-state index is 0.562. The lowest BCUT2D eigenvalue weighted by Crippen LogP contribution is -2.45. The third-order valence-corrected chi connectivity index (χ3v) is 7.44. The molecule has 0 amide bonds. The topological polar surface area (TPSA) is 29.9 Å². The van der Waals surface area contributed by atoms with E-state index in [-0.39, 0.29) is 0 Å². The minimum absolute atomic E-state index is 0.562. The number of hydrogen-bond donors (Lipinski definition) is 1. The van der Waals surface area contributed by atoms with Crippen LogP contribution in [0.5, 0.6) is 0 Å². The molecule has 4 unspecified atom stereocenters. The van der Waals surface area contributed by atoms with Crippen LogP contribution in [0.4, 0.5) is 0 Å². The van der Waals surface area contributed by atoms with E-state index in [1.807, 2.05) is 17.9 Å². The SMILES string of the molecule is CCCNC(Cc1cnn(C)c1)C1CSC(C)C(C)S1. The van der Waals surface area contributed by atoms with Crippen molar-refractivity contribution in [3.8, 4) is 0 Å². The van der Waals surface area contributed by atoms with Crippen LogP contribution >= 0.6 is 23.5 Å². The van der Waals surface area contributed by atoms with E-state index in [1.54, 1.807) is 0 Å². The van der Waals surface area contributed by atoms with Crippen LogP contribution in [0.15, 0.2) is 12.4 Å². The fourth-order valence-electron chi connectivity index (χ4n) is 2.51. The Labute approximate surface area is 131 Å². The normalized spacial score (nSPS) is 28.5. The minimum Gasteiger partial charge on any atom is -0.313 e. The number of hydrogen-bond acceptors (Lipinski definition) is 4. The van der Waals surface area contributed by atoms with Gasteiger partial charge < -0.3 is 5.32 Å². The second kappa shape index (κ2) is 7.76. The second-order valence-electron chi connectivity index (χ2n) is 5.71. The summed E-state index contributed by atoms with van der Waals surface area (Å²) in [5.74, 6) is 1.26. The number of aromatic nitrogens is 2. The van der Waals surface area contributed by atoms with E-state index in [0.29, 0.717) is 11.3 Å². The lowest BCUT2D eigenvalue weighted by Gasteiger charge is -2.36. The molecule has 1 aliphatic rings. The Kier molecular flexibility index (Phi) is 6.30. The van der Waals surface area contributed by atoms with Crippen molar-refractivity contribution >= 4 is 23.5 Å². The Bertz CT molecular complexity index is 408. The van der Waals surface area contributed by atoms with Crippen molar-refractivity contribution in [1.29, 1.82) is 0 Å². The first kappa shape index (κ1) is 16.2. The molecule has 0 saturated carbocycles. The van der Waals surface area contributed by atoms with Crippen molar-refractivity contribution in [3.05, 3.63) is 18.0 Å². The van der Waals surface area contributed by atoms with Gasteiger partial charge in [0, 0.05) is 40.8 Å². The van der Waals surface area contributed by atoms with Crippen molar-refractivity contribution < 1.29 is 0 Å². The Morgan fingerprint density at radius 3 is 2.85 bits per heavy atom. The molecule has 0 radical (unpaired) electrons. The van der Waals surface area contributed by atoms with Gasteiger partial charge in [-0.25, -0.2) is 0 Å². The highest BCUT2D eigenvalue weighted by atomic mass is 32.2. The van der Waals surface area contributed by atoms with Crippen LogP contribution in [-0.2, 0) is 13.5 Å². The van der Waals surface area contributed by atoms with Gasteiger partial charge in [0.25, 0.3) is 0 Å². The Balaban J connectivity index is 1.99. The van der Waals surface area contributed by atoms with Gasteiger partial charge in [-0.05, 0) is 24.9 Å². The van der Waals surface area contributed by atoms with Crippen LogP contribution in [0.2, 0.25) is 0 Å². The zero-order chi connectivity index (χ0) is 14.5. The van der Waals surface area contributed by atoms with Crippen molar-refractivity contribution in [1.82, 2.24) is 15.1 Å². The fraction of sp³-hybridized carbons (Fsp3) is 0.800. The van der Waals surface area contributed by atoms with Crippen molar-refractivity contribution in [2.45, 2.75) is 55.4 Å². The Morgan fingerprint density at radius 1 is 1.45 bits per heavy atom. The van der Waals surface area contributed by atoms with Crippen LogP contribution < -0.4 is 5.32 Å². The monoisotopic (exact) mass is 313 g/mol. The molecule has 2 rings (SSSR count). The summed E-state index contributed by atoms with van der Waals surface area (Å²) in [5.41, 5.74) is 1.35. The van der Waals surface area contributed by atoms with Gasteiger partial charge in [0.15, 0.2) is 0 Å². The molecule has 5 heteroatoms. The van der Waals surface area contributed by atoms with Gasteiger partial charge in [-0.3, -0.25) is 4.68 Å². The molecule has 114 valence electrons. The second-order valence-corrected chi connectivity index (χ2v) is 8.74. The van der Waals surface area contributed by atoms with E-state index in [4.69, 9.17) is 0 Å². The highest BCUT2D eigenvalue weighted by Gasteiger charge is 2.31. The molecule has 20 heavy (non-hydrogen) atoms. The van der Waals surface area contributed by atoms with Gasteiger partial charge in [-0.15, -0.1) is 0 Å². The van der Waals surface area contributed by atoms with Crippen molar-refractivity contribution in [2.75, 3.05) is 12.3 Å². The summed E-state index contributed by atoms with van der Waals surface area (Å²) >= 11 is 4.30. The lowest BCUT2D eigenvalue weighted by atomic mass is 10.1. The van der Waals surface area contributed by atoms with Gasteiger partial charge in [0.1, 0.15) is 0 Å². The van der Waals surface area contributed by atoms with E-state index in [9.17, 15) is 0 Å². The van der Waals surface area contributed by atoms with Crippen LogP contribution in [0.1, 0.15) is 32.8 Å². The molecule has 0 aromatic carbocycles. The first-order chi connectivity index (χ1) is 9.60. The van der Waals surface area contributed by atoms with Crippen molar-refractivity contribution in [2.24, 2.45) is 7.05 Å². The number of nitrogens with zero attached hydrogens (tertiary/aromatic N) is 2. The summed E-state index contributed by atoms with van der Waals surface area (Å²) in [6.07, 6.45) is 6.44. The van der Waals surface area contributed by atoms with Gasteiger partial charge >= 0.3 is 0 Å². The molecule has 1 fully saturated rings. The molecule has 0 spiro atoms. The predicted octanol–water partition coefficient (Wildman–Crippen LogP) is 2.96. The zero-order valence-corrected chi connectivity index (χ0v) is 14.6. The highest BCUT2D eigenvalue weighted by Crippen LogP contribution is 2.37. The quantitative estimate of drug-likeness (QED) is 0.874. The summed E-state index contributed by atoms with van der Waals surface area (Å²) in [6, 6.07) is 0.562. The molecule has 0 bridgehead atoms. The third-order valence-electron chi connectivity index (χ3n) is 3.89. The first-order valence-corrected chi connectivity index (χ1v) is 9.57. The molecule has 4 atom stereocenters. The molecule has 2 heterocycles. The molecule has 1 saturated heterocycles. The molecular formula is C15H27N3S2. The van der Waals surface area contributed by atoms with E-state index < -0.39 is 0 Å². The maximum absolute atomic E-state index is 4.30. The maximum Gasteiger partial charge on any atom is 0.0522 e. The van der Waals surface area contributed by atoms with Crippen LogP contribution in [0.3, 0.4) is 0 Å². The van der Waals surface area contributed by atoms with Crippen molar-refractivity contribution in [3.63, 3.8) is 0 Å². The maximum atomic E-state index is 4.30. The van der Waals surface area contributed by atoms with Crippen LogP contribution in [-0.4, -0.2) is 43.9 Å². The first-order valence-electron chi connectivity index (χ1n) is 7.58. The van der Waals surface area contributed by atoms with Gasteiger partial charge in [0.05, 0.1) is 6.20 Å². The number of aryl methyl sites for hydroxylation is 1. The lowest BCUT2D eigenvalue weighted by molar-refractivity contribution is 0.503. The number of rotatable bonds is 6. The van der Waals surface area contributed by atoms with E-state index in [1.165, 1.54) is 17.7 Å². The number of thioether (sulfide) groups is 2. The van der Waals surface area contributed by atoms with E-state index in [0.717, 1.165) is 23.5 Å². The summed E-state index contributed by atoms with van der Waals surface area (Å²) in [4.78, 5) is 0. The molecule has 1 aromatic rings. The van der Waals surface area contributed by atoms with Gasteiger partial charge in [-0.2, -0.15) is 28.6 Å². The van der Waals surface area contributed by atoms with E-state index >= 15 is 0 Å². The summed E-state index contributed by atoms with van der Waals surface area (Å²) in [7, 11) is 1.99. The molecule has 3 nitrogen and oxygen atoms in total. The smallest absolute Gasteiger partial charge is 0.0522 e. The summed E-state index contributed by atoms with van der Waals surface area (Å²) in [6.45, 7) is 8.07. The zero-order valence-electron chi connectivity index (χ0n) is 13.0. The average Bonchev–Trinajstić information content (AvgIpc) is 2.83. The summed E-state index contributed by atoms with van der Waals surface area (Å²) in [5, 5.41) is 10.3. The molecular weight excluding hydrogens is 286 g/mol. The largest absolute Gasteiger partial charge is 0.313 e. The molecule has 1 aromatic heterocycles. The number of nitrogens with one attached hydrogen (secondary N) is 1. The van der Waals surface area contributed by atoms with E-state index in [2.05, 4.69) is 60.9 Å². The average molecular weight is 314 g/mol. The molecule has 0 aliphatic carbocycles.